The Labute approximate surface area is 142 Å². The standard InChI is InChI=1S/C20H23NO3/c1-21(12-16-5-2-3-10-23-16)11-14-8-9-15-13-24-20(22)18-7-4-6-17(14)19(15)18/h4,6-9,16H,2-3,5,10-13H2,1H3. The SMILES string of the molecule is CN(Cc1ccc2c3c(cccc13)C(=O)OC2)CC1CCCCO1. The van der Waals surface area contributed by atoms with Crippen molar-refractivity contribution in [2.24, 2.45) is 0 Å². The molecule has 2 heterocycles. The van der Waals surface area contributed by atoms with Crippen LogP contribution in [-0.4, -0.2) is 37.2 Å². The third-order valence-electron chi connectivity index (χ3n) is 5.03. The zero-order valence-corrected chi connectivity index (χ0v) is 14.1. The van der Waals surface area contributed by atoms with E-state index in [1.165, 1.54) is 18.4 Å². The lowest BCUT2D eigenvalue weighted by Gasteiger charge is -2.28. The molecule has 4 heteroatoms. The van der Waals surface area contributed by atoms with E-state index < -0.39 is 0 Å². The van der Waals surface area contributed by atoms with E-state index in [0.29, 0.717) is 18.3 Å². The van der Waals surface area contributed by atoms with Crippen molar-refractivity contribution in [3.05, 3.63) is 47.0 Å². The number of likely N-dealkylation sites (N-methyl/N-ethyl adjacent to an activating group) is 1. The number of nitrogens with zero attached hydrogens (tertiary/aromatic N) is 1. The van der Waals surface area contributed by atoms with Gasteiger partial charge in [-0.05, 0) is 48.9 Å². The fourth-order valence-corrected chi connectivity index (χ4v) is 3.84. The highest BCUT2D eigenvalue weighted by atomic mass is 16.5. The highest BCUT2D eigenvalue weighted by Crippen LogP contribution is 2.31. The van der Waals surface area contributed by atoms with Gasteiger partial charge in [-0.1, -0.05) is 24.3 Å². The van der Waals surface area contributed by atoms with E-state index >= 15 is 0 Å². The summed E-state index contributed by atoms with van der Waals surface area (Å²) in [6.07, 6.45) is 3.95. The number of ether oxygens (including phenoxy) is 2. The summed E-state index contributed by atoms with van der Waals surface area (Å²) in [5, 5.41) is 2.23. The molecule has 2 aromatic rings. The number of carbonyl (C=O) groups excluding carboxylic acids is 1. The van der Waals surface area contributed by atoms with Crippen LogP contribution in [0.4, 0.5) is 0 Å². The molecule has 0 aromatic heterocycles. The Bertz CT molecular complexity index is 765. The van der Waals surface area contributed by atoms with Crippen molar-refractivity contribution in [2.45, 2.75) is 38.5 Å². The van der Waals surface area contributed by atoms with Crippen LogP contribution >= 0.6 is 0 Å². The van der Waals surface area contributed by atoms with Gasteiger partial charge in [0.05, 0.1) is 11.7 Å². The first-order valence-corrected chi connectivity index (χ1v) is 8.73. The van der Waals surface area contributed by atoms with E-state index in [1.54, 1.807) is 0 Å². The summed E-state index contributed by atoms with van der Waals surface area (Å²) in [6.45, 7) is 3.07. The van der Waals surface area contributed by atoms with Crippen molar-refractivity contribution < 1.29 is 14.3 Å². The van der Waals surface area contributed by atoms with Crippen LogP contribution in [0.3, 0.4) is 0 Å². The van der Waals surface area contributed by atoms with Gasteiger partial charge in [0.2, 0.25) is 0 Å². The van der Waals surface area contributed by atoms with Crippen molar-refractivity contribution in [2.75, 3.05) is 20.2 Å². The first-order chi connectivity index (χ1) is 11.7. The van der Waals surface area contributed by atoms with Crippen LogP contribution in [0, 0.1) is 0 Å². The van der Waals surface area contributed by atoms with Crippen LogP contribution in [0.5, 0.6) is 0 Å². The van der Waals surface area contributed by atoms with Crippen LogP contribution in [0.1, 0.15) is 40.7 Å². The van der Waals surface area contributed by atoms with Crippen molar-refractivity contribution in [3.8, 4) is 0 Å². The molecule has 0 spiro atoms. The van der Waals surface area contributed by atoms with Crippen molar-refractivity contribution in [3.63, 3.8) is 0 Å². The number of carbonyl (C=O) groups is 1. The normalized spacial score (nSPS) is 20.4. The quantitative estimate of drug-likeness (QED) is 0.807. The number of benzene rings is 2. The molecule has 126 valence electrons. The minimum Gasteiger partial charge on any atom is -0.457 e. The third-order valence-corrected chi connectivity index (χ3v) is 5.03. The van der Waals surface area contributed by atoms with Gasteiger partial charge in [-0.3, -0.25) is 4.90 Å². The van der Waals surface area contributed by atoms with Gasteiger partial charge in [-0.2, -0.15) is 0 Å². The molecule has 0 bridgehead atoms. The Morgan fingerprint density at radius 3 is 2.96 bits per heavy atom. The molecule has 0 radical (unpaired) electrons. The number of hydrogen-bond donors (Lipinski definition) is 0. The van der Waals surface area contributed by atoms with Crippen molar-refractivity contribution in [1.29, 1.82) is 0 Å². The highest BCUT2D eigenvalue weighted by molar-refractivity contribution is 6.08. The minimum atomic E-state index is -0.214. The Hall–Kier alpha value is -1.91. The lowest BCUT2D eigenvalue weighted by Crippen LogP contribution is -2.33. The molecular formula is C20H23NO3. The lowest BCUT2D eigenvalue weighted by atomic mass is 9.94. The summed E-state index contributed by atoms with van der Waals surface area (Å²) >= 11 is 0. The van der Waals surface area contributed by atoms with E-state index in [1.807, 2.05) is 12.1 Å². The predicted molar refractivity (Wildman–Crippen MR) is 93.0 cm³/mol. The summed E-state index contributed by atoms with van der Waals surface area (Å²) < 4.78 is 11.1. The van der Waals surface area contributed by atoms with E-state index in [-0.39, 0.29) is 5.97 Å². The molecule has 24 heavy (non-hydrogen) atoms. The molecule has 4 nitrogen and oxygen atoms in total. The van der Waals surface area contributed by atoms with Crippen molar-refractivity contribution >= 4 is 16.7 Å². The summed E-state index contributed by atoms with van der Waals surface area (Å²) in [5.41, 5.74) is 3.04. The topological polar surface area (TPSA) is 38.8 Å². The second-order valence-electron chi connectivity index (χ2n) is 6.87. The van der Waals surface area contributed by atoms with E-state index in [4.69, 9.17) is 9.47 Å². The maximum absolute atomic E-state index is 12.0. The average molecular weight is 325 g/mol. The molecule has 2 aliphatic heterocycles. The molecule has 4 rings (SSSR count). The second kappa shape index (κ2) is 6.54. The van der Waals surface area contributed by atoms with E-state index in [0.717, 1.165) is 42.5 Å². The molecule has 2 aliphatic rings. The van der Waals surface area contributed by atoms with Gasteiger partial charge in [0, 0.05) is 25.1 Å². The monoisotopic (exact) mass is 325 g/mol. The summed E-state index contributed by atoms with van der Waals surface area (Å²) in [4.78, 5) is 14.3. The molecule has 1 fully saturated rings. The van der Waals surface area contributed by atoms with E-state index in [9.17, 15) is 4.79 Å². The van der Waals surface area contributed by atoms with Gasteiger partial charge in [0.15, 0.2) is 0 Å². The van der Waals surface area contributed by atoms with E-state index in [2.05, 4.69) is 30.1 Å². The zero-order valence-electron chi connectivity index (χ0n) is 14.1. The Morgan fingerprint density at radius 1 is 1.21 bits per heavy atom. The molecule has 0 N–H and O–H groups in total. The van der Waals surface area contributed by atoms with Gasteiger partial charge in [0.25, 0.3) is 0 Å². The van der Waals surface area contributed by atoms with Gasteiger partial charge in [-0.15, -0.1) is 0 Å². The summed E-state index contributed by atoms with van der Waals surface area (Å²) in [5.74, 6) is -0.214. The number of hydrogen-bond acceptors (Lipinski definition) is 4. The second-order valence-corrected chi connectivity index (χ2v) is 6.87. The van der Waals surface area contributed by atoms with Gasteiger partial charge in [0.1, 0.15) is 6.61 Å². The fourth-order valence-electron chi connectivity index (χ4n) is 3.84. The van der Waals surface area contributed by atoms with Crippen LogP contribution in [0.2, 0.25) is 0 Å². The average Bonchev–Trinajstić information content (AvgIpc) is 2.60. The Morgan fingerprint density at radius 2 is 2.12 bits per heavy atom. The van der Waals surface area contributed by atoms with Gasteiger partial charge < -0.3 is 9.47 Å². The zero-order chi connectivity index (χ0) is 16.5. The lowest BCUT2D eigenvalue weighted by molar-refractivity contribution is -0.00253. The van der Waals surface area contributed by atoms with Crippen LogP contribution in [0.25, 0.3) is 10.8 Å². The number of esters is 1. The summed E-state index contributed by atoms with van der Waals surface area (Å²) in [6, 6.07) is 10.2. The maximum atomic E-state index is 12.0. The Balaban J connectivity index is 1.60. The first-order valence-electron chi connectivity index (χ1n) is 8.73. The molecule has 0 amide bonds. The molecule has 1 unspecified atom stereocenters. The predicted octanol–water partition coefficient (Wildman–Crippen LogP) is 3.51. The molecule has 1 saturated heterocycles. The van der Waals surface area contributed by atoms with Crippen LogP contribution in [-0.2, 0) is 22.6 Å². The first kappa shape index (κ1) is 15.6. The Kier molecular flexibility index (Phi) is 4.25. The molecule has 2 aromatic carbocycles. The minimum absolute atomic E-state index is 0.214. The number of cyclic esters (lactones) is 1. The fraction of sp³-hybridized carbons (Fsp3) is 0.450. The number of rotatable bonds is 4. The maximum Gasteiger partial charge on any atom is 0.339 e. The molecular weight excluding hydrogens is 302 g/mol. The van der Waals surface area contributed by atoms with Crippen LogP contribution in [0.15, 0.2) is 30.3 Å². The smallest absolute Gasteiger partial charge is 0.339 e. The highest BCUT2D eigenvalue weighted by Gasteiger charge is 2.22. The third kappa shape index (κ3) is 2.92. The largest absolute Gasteiger partial charge is 0.457 e. The molecule has 1 atom stereocenters. The molecule has 0 aliphatic carbocycles. The van der Waals surface area contributed by atoms with Gasteiger partial charge in [-0.25, -0.2) is 4.79 Å². The molecule has 0 saturated carbocycles. The van der Waals surface area contributed by atoms with Crippen molar-refractivity contribution in [1.82, 2.24) is 4.90 Å². The van der Waals surface area contributed by atoms with Crippen LogP contribution < -0.4 is 0 Å². The van der Waals surface area contributed by atoms with Gasteiger partial charge >= 0.3 is 5.97 Å². The summed E-state index contributed by atoms with van der Waals surface area (Å²) in [7, 11) is 2.14.